The van der Waals surface area contributed by atoms with E-state index < -0.39 is 15.6 Å². The van der Waals surface area contributed by atoms with Gasteiger partial charge in [-0.2, -0.15) is 5.26 Å². The van der Waals surface area contributed by atoms with Crippen molar-refractivity contribution >= 4 is 26.6 Å². The molecule has 1 amide bonds. The van der Waals surface area contributed by atoms with Crippen LogP contribution in [0.5, 0.6) is 5.75 Å². The van der Waals surface area contributed by atoms with Crippen LogP contribution in [0.1, 0.15) is 35.4 Å². The predicted octanol–water partition coefficient (Wildman–Crippen LogP) is 3.37. The number of aromatic nitrogens is 1. The highest BCUT2D eigenvalue weighted by molar-refractivity contribution is 7.91. The number of H-pyrrole nitrogens is 1. The number of piperidine rings is 1. The van der Waals surface area contributed by atoms with Crippen LogP contribution in [-0.2, 0) is 20.4 Å². The number of rotatable bonds is 6. The van der Waals surface area contributed by atoms with Gasteiger partial charge in [-0.05, 0) is 60.2 Å². The van der Waals surface area contributed by atoms with E-state index in [1.807, 2.05) is 30.5 Å². The van der Waals surface area contributed by atoms with Crippen LogP contribution in [0.2, 0.25) is 0 Å². The highest BCUT2D eigenvalue weighted by Gasteiger charge is 2.28. The molecule has 1 aliphatic heterocycles. The average molecular weight is 452 g/mol. The van der Waals surface area contributed by atoms with Crippen LogP contribution in [-0.4, -0.2) is 50.2 Å². The monoisotopic (exact) mass is 451 g/mol. The molecule has 7 nitrogen and oxygen atoms in total. The van der Waals surface area contributed by atoms with Gasteiger partial charge < -0.3 is 14.6 Å². The zero-order chi connectivity index (χ0) is 22.7. The number of carbonyl (C=O) groups is 1. The Balaban J connectivity index is 1.36. The number of fused-ring (bicyclic) bond motifs is 1. The van der Waals surface area contributed by atoms with Crippen LogP contribution in [0.4, 0.5) is 0 Å². The Bertz CT molecular complexity index is 1260. The van der Waals surface area contributed by atoms with Crippen LogP contribution < -0.4 is 4.74 Å². The summed E-state index contributed by atoms with van der Waals surface area (Å²) in [5.41, 5.74) is 3.30. The Morgan fingerprint density at radius 3 is 2.56 bits per heavy atom. The van der Waals surface area contributed by atoms with Crippen molar-refractivity contribution < 1.29 is 17.9 Å². The second-order valence-electron chi connectivity index (χ2n) is 8.15. The van der Waals surface area contributed by atoms with Gasteiger partial charge in [0, 0.05) is 30.2 Å². The summed E-state index contributed by atoms with van der Waals surface area (Å²) in [5, 5.41) is 9.98. The third-order valence-electron chi connectivity index (χ3n) is 6.02. The molecule has 1 aromatic heterocycles. The second kappa shape index (κ2) is 9.05. The van der Waals surface area contributed by atoms with Crippen molar-refractivity contribution in [3.63, 3.8) is 0 Å². The Kier molecular flexibility index (Phi) is 6.19. The molecular weight excluding hydrogens is 426 g/mol. The van der Waals surface area contributed by atoms with Gasteiger partial charge in [-0.3, -0.25) is 4.79 Å². The van der Waals surface area contributed by atoms with Crippen LogP contribution in [0.15, 0.2) is 48.7 Å². The zero-order valence-corrected chi connectivity index (χ0v) is 18.7. The Morgan fingerprint density at radius 1 is 1.19 bits per heavy atom. The molecule has 0 atom stereocenters. The molecule has 0 unspecified atom stereocenters. The van der Waals surface area contributed by atoms with Crippen molar-refractivity contribution in [2.24, 2.45) is 0 Å². The van der Waals surface area contributed by atoms with Crippen molar-refractivity contribution in [3.8, 4) is 11.8 Å². The summed E-state index contributed by atoms with van der Waals surface area (Å²) >= 11 is 0. The van der Waals surface area contributed by atoms with E-state index in [0.29, 0.717) is 30.1 Å². The molecule has 0 saturated carbocycles. The number of nitrogens with one attached hydrogen (secondary N) is 1. The molecule has 4 rings (SSSR count). The van der Waals surface area contributed by atoms with Crippen LogP contribution in [0, 0.1) is 11.3 Å². The van der Waals surface area contributed by atoms with Crippen LogP contribution in [0.25, 0.3) is 10.9 Å². The van der Waals surface area contributed by atoms with Gasteiger partial charge >= 0.3 is 0 Å². The fraction of sp³-hybridized carbons (Fsp3) is 0.333. The van der Waals surface area contributed by atoms with E-state index in [-0.39, 0.29) is 11.7 Å². The molecule has 0 radical (unpaired) electrons. The van der Waals surface area contributed by atoms with Gasteiger partial charge in [-0.15, -0.1) is 0 Å². The number of methoxy groups -OCH3 is 1. The van der Waals surface area contributed by atoms with Crippen molar-refractivity contribution in [1.29, 1.82) is 5.26 Å². The molecule has 1 fully saturated rings. The molecular formula is C24H25N3O4S. The summed E-state index contributed by atoms with van der Waals surface area (Å²) in [7, 11) is -1.94. The number of benzene rings is 2. The maximum Gasteiger partial charge on any atom is 0.237 e. The third-order valence-corrected chi connectivity index (χ3v) is 7.48. The lowest BCUT2D eigenvalue weighted by molar-refractivity contribution is -0.129. The fourth-order valence-electron chi connectivity index (χ4n) is 4.29. The Labute approximate surface area is 187 Å². The number of ether oxygens (including phenoxy) is 1. The summed E-state index contributed by atoms with van der Waals surface area (Å²) < 4.78 is 30.4. The molecule has 8 heteroatoms. The summed E-state index contributed by atoms with van der Waals surface area (Å²) in [6.45, 7) is 1.07. The highest BCUT2D eigenvalue weighted by atomic mass is 32.2. The number of likely N-dealkylation sites (tertiary alicyclic amines) is 1. The first-order valence-corrected chi connectivity index (χ1v) is 12.3. The molecule has 1 saturated heterocycles. The number of amides is 1. The van der Waals surface area contributed by atoms with E-state index in [4.69, 9.17) is 10.00 Å². The molecule has 2 heterocycles. The number of hydrogen-bond acceptors (Lipinski definition) is 5. The molecule has 2 aromatic carbocycles. The van der Waals surface area contributed by atoms with Gasteiger partial charge in [0.25, 0.3) is 0 Å². The Morgan fingerprint density at radius 2 is 1.91 bits per heavy atom. The highest BCUT2D eigenvalue weighted by Crippen LogP contribution is 2.34. The lowest BCUT2D eigenvalue weighted by Gasteiger charge is -2.32. The van der Waals surface area contributed by atoms with Gasteiger partial charge in [0.1, 0.15) is 11.5 Å². The van der Waals surface area contributed by atoms with Gasteiger partial charge in [0.15, 0.2) is 9.84 Å². The van der Waals surface area contributed by atoms with E-state index in [9.17, 15) is 13.2 Å². The first-order valence-electron chi connectivity index (χ1n) is 10.5. The van der Waals surface area contributed by atoms with E-state index in [1.54, 1.807) is 36.3 Å². The van der Waals surface area contributed by atoms with Crippen molar-refractivity contribution in [2.45, 2.75) is 24.5 Å². The summed E-state index contributed by atoms with van der Waals surface area (Å²) in [6.07, 6.45) is 3.59. The molecule has 0 aliphatic carbocycles. The van der Waals surface area contributed by atoms with E-state index >= 15 is 0 Å². The largest absolute Gasteiger partial charge is 0.497 e. The first kappa shape index (κ1) is 21.9. The molecule has 0 bridgehead atoms. The topological polar surface area (TPSA) is 103 Å². The van der Waals surface area contributed by atoms with E-state index in [2.05, 4.69) is 4.98 Å². The van der Waals surface area contributed by atoms with Crippen molar-refractivity contribution in [1.82, 2.24) is 9.88 Å². The summed E-state index contributed by atoms with van der Waals surface area (Å²) in [4.78, 5) is 17.6. The first-order chi connectivity index (χ1) is 15.4. The third kappa shape index (κ3) is 4.78. The summed E-state index contributed by atoms with van der Waals surface area (Å²) in [6, 6.07) is 14.3. The second-order valence-corrected chi connectivity index (χ2v) is 10.2. The lowest BCUT2D eigenvalue weighted by Crippen LogP contribution is -2.41. The average Bonchev–Trinajstić information content (AvgIpc) is 3.22. The molecule has 3 aromatic rings. The number of carbonyl (C=O) groups excluding carboxylic acids is 1. The predicted molar refractivity (Wildman–Crippen MR) is 122 cm³/mol. The number of sulfone groups is 1. The number of aromatic amines is 1. The van der Waals surface area contributed by atoms with Gasteiger partial charge in [0.2, 0.25) is 5.91 Å². The standard InChI is InChI=1S/C24H25N3O4S/c1-31-20-6-7-23-21(12-20)22(14-26-23)19-8-10-27(11-9-19)24(28)16-32(29,30)15-18-4-2-17(13-25)3-5-18/h2-7,12,14,19,26H,8-11,15-16H2,1H3. The molecule has 32 heavy (non-hydrogen) atoms. The smallest absolute Gasteiger partial charge is 0.237 e. The van der Waals surface area contributed by atoms with Crippen molar-refractivity contribution in [3.05, 3.63) is 65.4 Å². The molecule has 1 aliphatic rings. The van der Waals surface area contributed by atoms with Gasteiger partial charge in [-0.1, -0.05) is 12.1 Å². The zero-order valence-electron chi connectivity index (χ0n) is 17.9. The molecule has 166 valence electrons. The fourth-order valence-corrected chi connectivity index (χ4v) is 5.65. The van der Waals surface area contributed by atoms with Gasteiger partial charge in [0.05, 0.1) is 24.5 Å². The quantitative estimate of drug-likeness (QED) is 0.619. The normalized spacial score (nSPS) is 14.9. The number of nitriles is 1. The minimum atomic E-state index is -3.59. The number of nitrogens with zero attached hydrogens (tertiary/aromatic N) is 2. The maximum atomic E-state index is 12.7. The summed E-state index contributed by atoms with van der Waals surface area (Å²) in [5.74, 6) is 0.0475. The lowest BCUT2D eigenvalue weighted by atomic mass is 9.89. The number of hydrogen-bond donors (Lipinski definition) is 1. The van der Waals surface area contributed by atoms with E-state index in [0.717, 1.165) is 29.5 Å². The molecule has 1 N–H and O–H groups in total. The minimum absolute atomic E-state index is 0.210. The van der Waals surface area contributed by atoms with Crippen molar-refractivity contribution in [2.75, 3.05) is 26.0 Å². The minimum Gasteiger partial charge on any atom is -0.497 e. The Hall–Kier alpha value is -3.31. The van der Waals surface area contributed by atoms with E-state index in [1.165, 1.54) is 5.56 Å². The molecule has 0 spiro atoms. The SMILES string of the molecule is COc1ccc2[nH]cc(C3CCN(C(=O)CS(=O)(=O)Cc4ccc(C#N)cc4)CC3)c2c1. The van der Waals surface area contributed by atoms with Gasteiger partial charge in [-0.25, -0.2) is 8.42 Å². The van der Waals surface area contributed by atoms with Crippen LogP contribution in [0.3, 0.4) is 0 Å². The van der Waals surface area contributed by atoms with Crippen LogP contribution >= 0.6 is 0 Å². The maximum absolute atomic E-state index is 12.7.